The van der Waals surface area contributed by atoms with Crippen LogP contribution in [0.25, 0.3) is 0 Å². The maximum atomic E-state index is 14.2. The standard InChI is InChI=1S/C22H21FN4O4S/c1-15-12-17(31-24-15)14-25-8-10-26(11-9-25)22(28)18-13-16(27(29)30)6-7-20(18)32-21-5-3-2-4-19(21)23/h2-7,12-13H,8-11,14H2,1H3. The second-order valence-corrected chi connectivity index (χ2v) is 8.56. The third-order valence-electron chi connectivity index (χ3n) is 5.18. The number of aromatic nitrogens is 1. The highest BCUT2D eigenvalue weighted by atomic mass is 32.2. The van der Waals surface area contributed by atoms with Gasteiger partial charge in [-0.15, -0.1) is 0 Å². The Bertz CT molecular complexity index is 1140. The van der Waals surface area contributed by atoms with Crippen molar-refractivity contribution in [2.75, 3.05) is 26.2 Å². The van der Waals surface area contributed by atoms with Crippen molar-refractivity contribution in [1.29, 1.82) is 0 Å². The summed E-state index contributed by atoms with van der Waals surface area (Å²) in [4.78, 5) is 28.7. The van der Waals surface area contributed by atoms with Gasteiger partial charge in [-0.05, 0) is 25.1 Å². The van der Waals surface area contributed by atoms with Gasteiger partial charge in [0, 0.05) is 54.2 Å². The zero-order chi connectivity index (χ0) is 22.7. The molecule has 0 saturated carbocycles. The normalized spacial score (nSPS) is 14.5. The molecule has 2 heterocycles. The average Bonchev–Trinajstić information content (AvgIpc) is 3.20. The van der Waals surface area contributed by atoms with Crippen LogP contribution in [-0.2, 0) is 6.54 Å². The molecule has 0 radical (unpaired) electrons. The van der Waals surface area contributed by atoms with E-state index in [0.717, 1.165) is 23.2 Å². The molecule has 32 heavy (non-hydrogen) atoms. The first-order valence-electron chi connectivity index (χ1n) is 10.1. The summed E-state index contributed by atoms with van der Waals surface area (Å²) in [5, 5.41) is 15.2. The van der Waals surface area contributed by atoms with E-state index in [1.165, 1.54) is 24.3 Å². The molecule has 8 nitrogen and oxygen atoms in total. The molecule has 1 aliphatic heterocycles. The number of rotatable bonds is 6. The van der Waals surface area contributed by atoms with Crippen molar-refractivity contribution in [3.05, 3.63) is 81.5 Å². The van der Waals surface area contributed by atoms with Gasteiger partial charge >= 0.3 is 0 Å². The van der Waals surface area contributed by atoms with E-state index in [9.17, 15) is 19.3 Å². The van der Waals surface area contributed by atoms with Crippen molar-refractivity contribution >= 4 is 23.4 Å². The van der Waals surface area contributed by atoms with Gasteiger partial charge in [0.2, 0.25) is 0 Å². The van der Waals surface area contributed by atoms with E-state index in [4.69, 9.17) is 4.52 Å². The number of hydrogen-bond acceptors (Lipinski definition) is 7. The SMILES string of the molecule is Cc1cc(CN2CCN(C(=O)c3cc([N+](=O)[O-])ccc3Sc3ccccc3F)CC2)on1. The fraction of sp³-hybridized carbons (Fsp3) is 0.273. The van der Waals surface area contributed by atoms with Gasteiger partial charge < -0.3 is 9.42 Å². The summed E-state index contributed by atoms with van der Waals surface area (Å²) in [7, 11) is 0. The molecule has 1 saturated heterocycles. The number of benzene rings is 2. The summed E-state index contributed by atoms with van der Waals surface area (Å²) in [5.74, 6) is 0.0535. The highest BCUT2D eigenvalue weighted by Crippen LogP contribution is 2.34. The number of carbonyl (C=O) groups is 1. The molecule has 1 amide bonds. The van der Waals surface area contributed by atoms with Crippen LogP contribution in [0, 0.1) is 22.9 Å². The second kappa shape index (κ2) is 9.49. The average molecular weight is 456 g/mol. The zero-order valence-corrected chi connectivity index (χ0v) is 18.2. The molecule has 2 aromatic carbocycles. The number of amides is 1. The zero-order valence-electron chi connectivity index (χ0n) is 17.4. The Labute approximate surface area is 188 Å². The summed E-state index contributed by atoms with van der Waals surface area (Å²) in [6.45, 7) is 4.68. The van der Waals surface area contributed by atoms with Crippen LogP contribution in [0.2, 0.25) is 0 Å². The fourth-order valence-corrected chi connectivity index (χ4v) is 4.47. The number of non-ortho nitro benzene ring substituents is 1. The van der Waals surface area contributed by atoms with Crippen LogP contribution in [0.5, 0.6) is 0 Å². The number of nitro groups is 1. The molecule has 10 heteroatoms. The number of piperazine rings is 1. The monoisotopic (exact) mass is 456 g/mol. The number of hydrogen-bond donors (Lipinski definition) is 0. The van der Waals surface area contributed by atoms with Crippen molar-refractivity contribution < 1.29 is 18.6 Å². The number of nitrogens with zero attached hydrogens (tertiary/aromatic N) is 4. The Morgan fingerprint density at radius 1 is 1.16 bits per heavy atom. The van der Waals surface area contributed by atoms with Crippen LogP contribution in [0.4, 0.5) is 10.1 Å². The summed E-state index contributed by atoms with van der Waals surface area (Å²) in [6.07, 6.45) is 0. The van der Waals surface area contributed by atoms with E-state index in [1.54, 1.807) is 23.1 Å². The summed E-state index contributed by atoms with van der Waals surface area (Å²) >= 11 is 1.08. The van der Waals surface area contributed by atoms with Crippen molar-refractivity contribution in [2.24, 2.45) is 0 Å². The van der Waals surface area contributed by atoms with E-state index >= 15 is 0 Å². The molecule has 1 aliphatic rings. The quantitative estimate of drug-likeness (QED) is 0.407. The Morgan fingerprint density at radius 2 is 1.91 bits per heavy atom. The minimum atomic E-state index is -0.536. The summed E-state index contributed by atoms with van der Waals surface area (Å²) < 4.78 is 19.4. The van der Waals surface area contributed by atoms with E-state index in [1.807, 2.05) is 13.0 Å². The third-order valence-corrected chi connectivity index (χ3v) is 6.30. The van der Waals surface area contributed by atoms with Gasteiger partial charge in [-0.1, -0.05) is 29.1 Å². The van der Waals surface area contributed by atoms with Gasteiger partial charge in [-0.2, -0.15) is 0 Å². The molecule has 166 valence electrons. The minimum Gasteiger partial charge on any atom is -0.360 e. The lowest BCUT2D eigenvalue weighted by atomic mass is 10.1. The highest BCUT2D eigenvalue weighted by molar-refractivity contribution is 7.99. The molecule has 0 aliphatic carbocycles. The molecule has 3 aromatic rings. The molecule has 1 fully saturated rings. The van der Waals surface area contributed by atoms with Crippen LogP contribution >= 0.6 is 11.8 Å². The topological polar surface area (TPSA) is 92.7 Å². The second-order valence-electron chi connectivity index (χ2n) is 7.47. The van der Waals surface area contributed by atoms with Crippen molar-refractivity contribution in [3.8, 4) is 0 Å². The molecule has 0 spiro atoms. The van der Waals surface area contributed by atoms with Crippen molar-refractivity contribution in [1.82, 2.24) is 15.0 Å². The van der Waals surface area contributed by atoms with Crippen LogP contribution in [0.15, 0.2) is 62.8 Å². The molecule has 0 N–H and O–H groups in total. The lowest BCUT2D eigenvalue weighted by Gasteiger charge is -2.34. The van der Waals surface area contributed by atoms with Gasteiger partial charge in [-0.25, -0.2) is 4.39 Å². The number of carbonyl (C=O) groups excluding carboxylic acids is 1. The first-order chi connectivity index (χ1) is 15.4. The van der Waals surface area contributed by atoms with Gasteiger partial charge in [-0.3, -0.25) is 19.8 Å². The Kier molecular flexibility index (Phi) is 6.52. The van der Waals surface area contributed by atoms with Crippen LogP contribution < -0.4 is 0 Å². The first-order valence-corrected chi connectivity index (χ1v) is 10.9. The summed E-state index contributed by atoms with van der Waals surface area (Å²) in [5.41, 5.74) is 0.844. The first kappa shape index (κ1) is 22.0. The van der Waals surface area contributed by atoms with Crippen LogP contribution in [-0.4, -0.2) is 52.0 Å². The largest absolute Gasteiger partial charge is 0.360 e. The Morgan fingerprint density at radius 3 is 2.56 bits per heavy atom. The maximum Gasteiger partial charge on any atom is 0.270 e. The molecule has 0 bridgehead atoms. The lowest BCUT2D eigenvalue weighted by molar-refractivity contribution is -0.384. The van der Waals surface area contributed by atoms with E-state index in [-0.39, 0.29) is 17.2 Å². The predicted octanol–water partition coefficient (Wildman–Crippen LogP) is 4.14. The molecule has 4 rings (SSSR count). The van der Waals surface area contributed by atoms with Gasteiger partial charge in [0.1, 0.15) is 5.82 Å². The Balaban J connectivity index is 1.51. The smallest absolute Gasteiger partial charge is 0.270 e. The van der Waals surface area contributed by atoms with E-state index < -0.39 is 10.7 Å². The van der Waals surface area contributed by atoms with Crippen LogP contribution in [0.1, 0.15) is 21.8 Å². The number of aryl methyl sites for hydroxylation is 1. The van der Waals surface area contributed by atoms with Crippen molar-refractivity contribution in [3.63, 3.8) is 0 Å². The lowest BCUT2D eigenvalue weighted by Crippen LogP contribution is -2.48. The predicted molar refractivity (Wildman–Crippen MR) is 116 cm³/mol. The molecular weight excluding hydrogens is 435 g/mol. The van der Waals surface area contributed by atoms with Gasteiger partial charge in [0.05, 0.1) is 22.7 Å². The minimum absolute atomic E-state index is 0.175. The van der Waals surface area contributed by atoms with Gasteiger partial charge in [0.15, 0.2) is 5.76 Å². The van der Waals surface area contributed by atoms with Crippen molar-refractivity contribution in [2.45, 2.75) is 23.3 Å². The fourth-order valence-electron chi connectivity index (χ4n) is 3.52. The van der Waals surface area contributed by atoms with E-state index in [0.29, 0.717) is 42.5 Å². The number of nitro benzene ring substituents is 1. The van der Waals surface area contributed by atoms with E-state index in [2.05, 4.69) is 10.1 Å². The Hall–Kier alpha value is -3.24. The third kappa shape index (κ3) is 4.97. The molecule has 0 atom stereocenters. The maximum absolute atomic E-state index is 14.2. The number of halogens is 1. The van der Waals surface area contributed by atoms with Crippen LogP contribution in [0.3, 0.4) is 0 Å². The summed E-state index contributed by atoms with van der Waals surface area (Å²) in [6, 6.07) is 12.2. The van der Waals surface area contributed by atoms with Gasteiger partial charge in [0.25, 0.3) is 11.6 Å². The molecule has 1 aromatic heterocycles. The molecule has 0 unspecified atom stereocenters. The molecular formula is C22H21FN4O4S. The highest BCUT2D eigenvalue weighted by Gasteiger charge is 2.26.